The number of aryl methyl sites for hydroxylation is 1. The Balaban J connectivity index is 1.45. The normalized spacial score (nSPS) is 19.6. The molecule has 26 heavy (non-hydrogen) atoms. The van der Waals surface area contributed by atoms with Gasteiger partial charge in [0, 0.05) is 0 Å². The van der Waals surface area contributed by atoms with E-state index in [-0.39, 0.29) is 18.9 Å². The van der Waals surface area contributed by atoms with Crippen LogP contribution in [0.25, 0.3) is 0 Å². The summed E-state index contributed by atoms with van der Waals surface area (Å²) in [5.41, 5.74) is 1.74. The number of carbonyl (C=O) groups excluding carboxylic acids is 1. The number of carbonyl (C=O) groups is 1. The van der Waals surface area contributed by atoms with E-state index < -0.39 is 0 Å². The lowest BCUT2D eigenvalue weighted by Crippen LogP contribution is -2.23. The molecule has 0 aliphatic heterocycles. The SMILES string of the molecule is Cc1ccc(OCOc2ccc(C(=O)OC3CCC(C)CC3)cc2)cc1. The quantitative estimate of drug-likeness (QED) is 0.532. The van der Waals surface area contributed by atoms with Crippen LogP contribution < -0.4 is 9.47 Å². The van der Waals surface area contributed by atoms with Crippen LogP contribution in [-0.2, 0) is 4.74 Å². The lowest BCUT2D eigenvalue weighted by Gasteiger charge is -2.25. The van der Waals surface area contributed by atoms with Gasteiger partial charge in [0.05, 0.1) is 5.56 Å². The monoisotopic (exact) mass is 354 g/mol. The van der Waals surface area contributed by atoms with E-state index in [0.29, 0.717) is 11.3 Å². The van der Waals surface area contributed by atoms with Gasteiger partial charge in [-0.15, -0.1) is 0 Å². The molecule has 0 unspecified atom stereocenters. The van der Waals surface area contributed by atoms with Crippen molar-refractivity contribution in [3.63, 3.8) is 0 Å². The van der Waals surface area contributed by atoms with Gasteiger partial charge in [0.25, 0.3) is 0 Å². The lowest BCUT2D eigenvalue weighted by molar-refractivity contribution is 0.0174. The highest BCUT2D eigenvalue weighted by Gasteiger charge is 2.22. The summed E-state index contributed by atoms with van der Waals surface area (Å²) in [6.07, 6.45) is 4.24. The van der Waals surface area contributed by atoms with E-state index in [1.807, 2.05) is 31.2 Å². The second-order valence-corrected chi connectivity index (χ2v) is 7.03. The smallest absolute Gasteiger partial charge is 0.338 e. The maximum absolute atomic E-state index is 12.2. The Hall–Kier alpha value is -2.49. The topological polar surface area (TPSA) is 44.8 Å². The molecule has 0 aromatic heterocycles. The molecule has 0 spiro atoms. The largest absolute Gasteiger partial charge is 0.459 e. The second-order valence-electron chi connectivity index (χ2n) is 7.03. The van der Waals surface area contributed by atoms with Crippen LogP contribution in [0.3, 0.4) is 0 Å². The Morgan fingerprint density at radius 2 is 1.42 bits per heavy atom. The Bertz CT molecular complexity index is 698. The number of esters is 1. The molecule has 1 fully saturated rings. The maximum Gasteiger partial charge on any atom is 0.338 e. The highest BCUT2D eigenvalue weighted by Crippen LogP contribution is 2.26. The highest BCUT2D eigenvalue weighted by molar-refractivity contribution is 5.89. The summed E-state index contributed by atoms with van der Waals surface area (Å²) in [5.74, 6) is 1.90. The molecule has 2 aromatic rings. The Labute approximate surface area is 155 Å². The molecular weight excluding hydrogens is 328 g/mol. The van der Waals surface area contributed by atoms with Crippen LogP contribution in [-0.4, -0.2) is 18.9 Å². The van der Waals surface area contributed by atoms with Gasteiger partial charge in [-0.05, 0) is 74.9 Å². The zero-order valence-electron chi connectivity index (χ0n) is 15.4. The van der Waals surface area contributed by atoms with Crippen molar-refractivity contribution >= 4 is 5.97 Å². The average molecular weight is 354 g/mol. The van der Waals surface area contributed by atoms with E-state index in [9.17, 15) is 4.79 Å². The molecule has 0 bridgehead atoms. The number of rotatable bonds is 6. The molecule has 3 rings (SSSR count). The summed E-state index contributed by atoms with van der Waals surface area (Å²) in [5, 5.41) is 0. The van der Waals surface area contributed by atoms with Crippen LogP contribution in [0.4, 0.5) is 0 Å². The molecule has 0 atom stereocenters. The molecule has 0 amide bonds. The van der Waals surface area contributed by atoms with E-state index in [2.05, 4.69) is 6.92 Å². The third kappa shape index (κ3) is 5.25. The highest BCUT2D eigenvalue weighted by atomic mass is 16.7. The number of benzene rings is 2. The van der Waals surface area contributed by atoms with E-state index in [1.165, 1.54) is 5.56 Å². The molecule has 138 valence electrons. The fraction of sp³-hybridized carbons (Fsp3) is 0.409. The van der Waals surface area contributed by atoms with Crippen molar-refractivity contribution in [2.24, 2.45) is 5.92 Å². The van der Waals surface area contributed by atoms with Gasteiger partial charge < -0.3 is 14.2 Å². The fourth-order valence-corrected chi connectivity index (χ4v) is 3.05. The van der Waals surface area contributed by atoms with Gasteiger partial charge in [-0.25, -0.2) is 4.79 Å². The first-order valence-corrected chi connectivity index (χ1v) is 9.23. The Morgan fingerprint density at radius 3 is 2.00 bits per heavy atom. The number of hydrogen-bond donors (Lipinski definition) is 0. The standard InChI is InChI=1S/C22H26O4/c1-16-3-9-19(10-4-16)24-15-25-20-13-7-18(8-14-20)22(23)26-21-11-5-17(2)6-12-21/h3-4,7-10,13-14,17,21H,5-6,11-12,15H2,1-2H3. The zero-order valence-corrected chi connectivity index (χ0v) is 15.4. The fourth-order valence-electron chi connectivity index (χ4n) is 3.05. The van der Waals surface area contributed by atoms with E-state index in [1.54, 1.807) is 24.3 Å². The lowest BCUT2D eigenvalue weighted by atomic mass is 9.89. The minimum Gasteiger partial charge on any atom is -0.459 e. The third-order valence-corrected chi connectivity index (χ3v) is 4.80. The summed E-state index contributed by atoms with van der Waals surface area (Å²) in [6.45, 7) is 4.40. The second kappa shape index (κ2) is 8.75. The third-order valence-electron chi connectivity index (χ3n) is 4.80. The summed E-state index contributed by atoms with van der Waals surface area (Å²) in [7, 11) is 0. The molecule has 0 saturated heterocycles. The van der Waals surface area contributed by atoms with Crippen molar-refractivity contribution in [2.45, 2.75) is 45.6 Å². The Kier molecular flexibility index (Phi) is 6.16. The minimum absolute atomic E-state index is 0.0533. The Morgan fingerprint density at radius 1 is 0.885 bits per heavy atom. The van der Waals surface area contributed by atoms with Gasteiger partial charge in [-0.1, -0.05) is 24.6 Å². The maximum atomic E-state index is 12.2. The number of hydrogen-bond acceptors (Lipinski definition) is 4. The van der Waals surface area contributed by atoms with Gasteiger partial charge in [0.2, 0.25) is 6.79 Å². The molecule has 4 heteroatoms. The van der Waals surface area contributed by atoms with Crippen LogP contribution >= 0.6 is 0 Å². The average Bonchev–Trinajstić information content (AvgIpc) is 2.66. The molecule has 0 radical (unpaired) electrons. The van der Waals surface area contributed by atoms with Gasteiger partial charge >= 0.3 is 5.97 Å². The predicted octanol–water partition coefficient (Wildman–Crippen LogP) is 5.15. The molecule has 1 aliphatic rings. The first kappa shape index (κ1) is 18.3. The van der Waals surface area contributed by atoms with Gasteiger partial charge in [0.1, 0.15) is 17.6 Å². The summed E-state index contributed by atoms with van der Waals surface area (Å²) < 4.78 is 16.7. The van der Waals surface area contributed by atoms with Crippen molar-refractivity contribution in [2.75, 3.05) is 6.79 Å². The van der Waals surface area contributed by atoms with Crippen LogP contribution in [0, 0.1) is 12.8 Å². The van der Waals surface area contributed by atoms with Crippen molar-refractivity contribution in [1.29, 1.82) is 0 Å². The van der Waals surface area contributed by atoms with E-state index >= 15 is 0 Å². The van der Waals surface area contributed by atoms with Crippen molar-refractivity contribution in [1.82, 2.24) is 0 Å². The van der Waals surface area contributed by atoms with Crippen molar-refractivity contribution in [3.05, 3.63) is 59.7 Å². The minimum atomic E-state index is -0.257. The molecule has 0 N–H and O–H groups in total. The summed E-state index contributed by atoms with van der Waals surface area (Å²) in [4.78, 5) is 12.2. The van der Waals surface area contributed by atoms with Gasteiger partial charge in [0.15, 0.2) is 0 Å². The molecule has 4 nitrogen and oxygen atoms in total. The van der Waals surface area contributed by atoms with Crippen LogP contribution in [0.15, 0.2) is 48.5 Å². The molecule has 0 heterocycles. The molecule has 1 aliphatic carbocycles. The summed E-state index contributed by atoms with van der Waals surface area (Å²) >= 11 is 0. The van der Waals surface area contributed by atoms with Crippen LogP contribution in [0.2, 0.25) is 0 Å². The van der Waals surface area contributed by atoms with Crippen LogP contribution in [0.1, 0.15) is 48.5 Å². The molecule has 1 saturated carbocycles. The first-order chi connectivity index (χ1) is 12.6. The van der Waals surface area contributed by atoms with Crippen molar-refractivity contribution < 1.29 is 19.0 Å². The predicted molar refractivity (Wildman–Crippen MR) is 101 cm³/mol. The first-order valence-electron chi connectivity index (χ1n) is 9.23. The van der Waals surface area contributed by atoms with Crippen molar-refractivity contribution in [3.8, 4) is 11.5 Å². The number of ether oxygens (including phenoxy) is 3. The summed E-state index contributed by atoms with van der Waals surface area (Å²) in [6, 6.07) is 14.8. The van der Waals surface area contributed by atoms with Gasteiger partial charge in [-0.2, -0.15) is 0 Å². The van der Waals surface area contributed by atoms with Gasteiger partial charge in [-0.3, -0.25) is 0 Å². The van der Waals surface area contributed by atoms with Crippen LogP contribution in [0.5, 0.6) is 11.5 Å². The molecule has 2 aromatic carbocycles. The van der Waals surface area contributed by atoms with E-state index in [4.69, 9.17) is 14.2 Å². The van der Waals surface area contributed by atoms with E-state index in [0.717, 1.165) is 37.4 Å². The molecular formula is C22H26O4. The zero-order chi connectivity index (χ0) is 18.4.